The van der Waals surface area contributed by atoms with Crippen molar-refractivity contribution in [3.8, 4) is 0 Å². The zero-order chi connectivity index (χ0) is 18.7. The van der Waals surface area contributed by atoms with Crippen molar-refractivity contribution in [2.24, 2.45) is 0 Å². The summed E-state index contributed by atoms with van der Waals surface area (Å²) in [7, 11) is 2.00. The molecule has 2 heterocycles. The second kappa shape index (κ2) is 7.65. The monoisotopic (exact) mass is 358 g/mol. The summed E-state index contributed by atoms with van der Waals surface area (Å²) in [5, 5.41) is 2.57. The fourth-order valence-corrected chi connectivity index (χ4v) is 3.09. The highest BCUT2D eigenvalue weighted by atomic mass is 16.2. The molecule has 0 aromatic heterocycles. The Labute approximate surface area is 151 Å². The average Bonchev–Trinajstić information content (AvgIpc) is 2.89. The third-order valence-corrected chi connectivity index (χ3v) is 4.73. The predicted octanol–water partition coefficient (Wildman–Crippen LogP) is -0.437. The van der Waals surface area contributed by atoms with E-state index < -0.39 is 0 Å². The molecule has 0 atom stereocenters. The number of nitrogens with one attached hydrogen (secondary N) is 1. The molecule has 0 unspecified atom stereocenters. The molecule has 0 spiro atoms. The lowest BCUT2D eigenvalue weighted by Gasteiger charge is -2.32. The Kier molecular flexibility index (Phi) is 5.32. The van der Waals surface area contributed by atoms with E-state index in [-0.39, 0.29) is 43.1 Å². The number of nitrogens with zero attached hydrogens (tertiary/aromatic N) is 3. The third kappa shape index (κ3) is 3.75. The van der Waals surface area contributed by atoms with Crippen molar-refractivity contribution in [3.63, 3.8) is 0 Å². The zero-order valence-corrected chi connectivity index (χ0v) is 14.7. The lowest BCUT2D eigenvalue weighted by molar-refractivity contribution is -0.134. The van der Waals surface area contributed by atoms with E-state index in [0.29, 0.717) is 24.2 Å². The Morgan fingerprint density at radius 3 is 2.15 bits per heavy atom. The van der Waals surface area contributed by atoms with E-state index in [1.54, 1.807) is 29.2 Å². The second-order valence-electron chi connectivity index (χ2n) is 6.52. The molecule has 8 nitrogen and oxygen atoms in total. The molecule has 26 heavy (non-hydrogen) atoms. The van der Waals surface area contributed by atoms with Gasteiger partial charge in [-0.1, -0.05) is 12.1 Å². The molecule has 0 radical (unpaired) electrons. The van der Waals surface area contributed by atoms with Gasteiger partial charge in [0.2, 0.25) is 11.8 Å². The van der Waals surface area contributed by atoms with Crippen LogP contribution in [-0.4, -0.2) is 84.6 Å². The maximum Gasteiger partial charge on any atom is 0.261 e. The highest BCUT2D eigenvalue weighted by Crippen LogP contribution is 2.22. The number of hydrogen-bond acceptors (Lipinski definition) is 5. The first-order valence-electron chi connectivity index (χ1n) is 8.65. The molecule has 3 rings (SSSR count). The summed E-state index contributed by atoms with van der Waals surface area (Å²) in [6, 6.07) is 6.60. The lowest BCUT2D eigenvalue weighted by atomic mass is 10.1. The fourth-order valence-electron chi connectivity index (χ4n) is 3.09. The Morgan fingerprint density at radius 1 is 1.00 bits per heavy atom. The predicted molar refractivity (Wildman–Crippen MR) is 93.5 cm³/mol. The number of carbonyl (C=O) groups excluding carboxylic acids is 4. The van der Waals surface area contributed by atoms with E-state index in [4.69, 9.17) is 0 Å². The van der Waals surface area contributed by atoms with Crippen LogP contribution in [0.15, 0.2) is 24.3 Å². The molecule has 0 bridgehead atoms. The van der Waals surface area contributed by atoms with Crippen LogP contribution in [0.4, 0.5) is 0 Å². The van der Waals surface area contributed by atoms with E-state index in [1.807, 2.05) is 7.05 Å². The number of benzene rings is 1. The number of fused-ring (bicyclic) bond motifs is 1. The molecule has 2 aliphatic heterocycles. The Hall–Kier alpha value is -2.74. The van der Waals surface area contributed by atoms with Crippen LogP contribution in [0.25, 0.3) is 0 Å². The summed E-state index contributed by atoms with van der Waals surface area (Å²) in [5.74, 6) is -1.24. The molecule has 1 fully saturated rings. The van der Waals surface area contributed by atoms with Gasteiger partial charge in [-0.05, 0) is 19.2 Å². The molecule has 8 heteroatoms. The highest BCUT2D eigenvalue weighted by Gasteiger charge is 2.35. The van der Waals surface area contributed by atoms with Gasteiger partial charge < -0.3 is 15.1 Å². The van der Waals surface area contributed by atoms with Crippen LogP contribution in [0.3, 0.4) is 0 Å². The summed E-state index contributed by atoms with van der Waals surface area (Å²) in [6.45, 7) is 2.88. The number of imide groups is 1. The van der Waals surface area contributed by atoms with E-state index in [9.17, 15) is 19.2 Å². The van der Waals surface area contributed by atoms with Gasteiger partial charge in [0, 0.05) is 39.1 Å². The molecule has 0 saturated carbocycles. The van der Waals surface area contributed by atoms with Gasteiger partial charge in [0.15, 0.2) is 0 Å². The molecule has 138 valence electrons. The lowest BCUT2D eigenvalue weighted by Crippen LogP contribution is -2.50. The first-order chi connectivity index (χ1) is 12.5. The highest BCUT2D eigenvalue weighted by molar-refractivity contribution is 6.21. The number of hydrogen-bond donors (Lipinski definition) is 1. The quantitative estimate of drug-likeness (QED) is 0.721. The van der Waals surface area contributed by atoms with Crippen molar-refractivity contribution in [1.82, 2.24) is 20.0 Å². The van der Waals surface area contributed by atoms with Gasteiger partial charge in [0.1, 0.15) is 0 Å². The molecular formula is C18H22N4O4. The van der Waals surface area contributed by atoms with Crippen LogP contribution < -0.4 is 5.32 Å². The largest absolute Gasteiger partial charge is 0.347 e. The van der Waals surface area contributed by atoms with Gasteiger partial charge >= 0.3 is 0 Å². The van der Waals surface area contributed by atoms with Gasteiger partial charge in [-0.3, -0.25) is 24.1 Å². The molecule has 1 aromatic carbocycles. The second-order valence-corrected chi connectivity index (χ2v) is 6.52. The van der Waals surface area contributed by atoms with E-state index in [2.05, 4.69) is 10.2 Å². The van der Waals surface area contributed by atoms with Crippen molar-refractivity contribution in [2.75, 3.05) is 46.3 Å². The van der Waals surface area contributed by atoms with Gasteiger partial charge in [0.25, 0.3) is 11.8 Å². The maximum absolute atomic E-state index is 12.2. The summed E-state index contributed by atoms with van der Waals surface area (Å²) in [6.07, 6.45) is -0.0263. The first-order valence-corrected chi connectivity index (χ1v) is 8.65. The Bertz CT molecular complexity index is 705. The van der Waals surface area contributed by atoms with Gasteiger partial charge in [-0.15, -0.1) is 0 Å². The van der Waals surface area contributed by atoms with Crippen LogP contribution in [0, 0.1) is 0 Å². The molecule has 1 saturated heterocycles. The molecule has 1 N–H and O–H groups in total. The number of piperazine rings is 1. The Balaban J connectivity index is 1.44. The van der Waals surface area contributed by atoms with Crippen molar-refractivity contribution in [3.05, 3.63) is 35.4 Å². The topological polar surface area (TPSA) is 90.0 Å². The number of likely N-dealkylation sites (N-methyl/N-ethyl adjacent to an activating group) is 1. The van der Waals surface area contributed by atoms with Gasteiger partial charge in [0.05, 0.1) is 17.7 Å². The number of carbonyl (C=O) groups is 4. The van der Waals surface area contributed by atoms with E-state index in [0.717, 1.165) is 18.0 Å². The van der Waals surface area contributed by atoms with Crippen LogP contribution in [0.2, 0.25) is 0 Å². The summed E-state index contributed by atoms with van der Waals surface area (Å²) in [4.78, 5) is 53.5. The van der Waals surface area contributed by atoms with Crippen LogP contribution >= 0.6 is 0 Å². The minimum absolute atomic E-state index is 0.000872. The SMILES string of the molecule is CN1CCN(C(=O)CNC(=O)CCN2C(=O)c3ccccc3C2=O)CC1. The molecule has 1 aromatic rings. The molecule has 4 amide bonds. The summed E-state index contributed by atoms with van der Waals surface area (Å²) < 4.78 is 0. The molecular weight excluding hydrogens is 336 g/mol. The first kappa shape index (κ1) is 18.1. The Morgan fingerprint density at radius 2 is 1.58 bits per heavy atom. The van der Waals surface area contributed by atoms with Gasteiger partial charge in [-0.2, -0.15) is 0 Å². The van der Waals surface area contributed by atoms with E-state index in [1.165, 1.54) is 0 Å². The van der Waals surface area contributed by atoms with Crippen LogP contribution in [0.5, 0.6) is 0 Å². The number of amides is 4. The van der Waals surface area contributed by atoms with Gasteiger partial charge in [-0.25, -0.2) is 0 Å². The minimum atomic E-state index is -0.382. The van der Waals surface area contributed by atoms with Crippen molar-refractivity contribution >= 4 is 23.6 Å². The standard InChI is InChI=1S/C18H22N4O4/c1-20-8-10-21(11-9-20)16(24)12-19-15(23)6-7-22-17(25)13-4-2-3-5-14(13)18(22)26/h2-5H,6-12H2,1H3,(H,19,23). The van der Waals surface area contributed by atoms with Crippen molar-refractivity contribution in [1.29, 1.82) is 0 Å². The molecule has 2 aliphatic rings. The normalized spacial score (nSPS) is 17.4. The van der Waals surface area contributed by atoms with E-state index >= 15 is 0 Å². The van der Waals surface area contributed by atoms with Crippen molar-refractivity contribution < 1.29 is 19.2 Å². The average molecular weight is 358 g/mol. The molecule has 0 aliphatic carbocycles. The van der Waals surface area contributed by atoms with Crippen LogP contribution in [0.1, 0.15) is 27.1 Å². The van der Waals surface area contributed by atoms with Crippen molar-refractivity contribution in [2.45, 2.75) is 6.42 Å². The van der Waals surface area contributed by atoms with Crippen LogP contribution in [-0.2, 0) is 9.59 Å². The summed E-state index contributed by atoms with van der Waals surface area (Å²) in [5.41, 5.74) is 0.728. The smallest absolute Gasteiger partial charge is 0.261 e. The fraction of sp³-hybridized carbons (Fsp3) is 0.444. The third-order valence-electron chi connectivity index (χ3n) is 4.73. The summed E-state index contributed by atoms with van der Waals surface area (Å²) >= 11 is 0. The number of rotatable bonds is 5. The maximum atomic E-state index is 12.2. The zero-order valence-electron chi connectivity index (χ0n) is 14.7. The minimum Gasteiger partial charge on any atom is -0.347 e.